The maximum Gasteiger partial charge on any atom is 0.0667 e. The summed E-state index contributed by atoms with van der Waals surface area (Å²) in [6.45, 7) is 7.10. The smallest absolute Gasteiger partial charge is 0.0667 e. The number of aliphatic hydroxyl groups excluding tert-OH is 1. The molecule has 4 nitrogen and oxygen atoms in total. The molecule has 0 saturated heterocycles. The predicted octanol–water partition coefficient (Wildman–Crippen LogP) is 1.13. The number of rotatable bonds is 10. The van der Waals surface area contributed by atoms with Gasteiger partial charge in [-0.2, -0.15) is 0 Å². The fourth-order valence-electron chi connectivity index (χ4n) is 1.74. The first kappa shape index (κ1) is 15.8. The van der Waals surface area contributed by atoms with Crippen molar-refractivity contribution < 1.29 is 14.6 Å². The van der Waals surface area contributed by atoms with E-state index in [9.17, 15) is 5.11 Å². The zero-order valence-electron chi connectivity index (χ0n) is 11.1. The summed E-state index contributed by atoms with van der Waals surface area (Å²) in [5, 5.41) is 9.81. The lowest BCUT2D eigenvalue weighted by molar-refractivity contribution is 0.0364. The van der Waals surface area contributed by atoms with E-state index in [0.29, 0.717) is 25.8 Å². The van der Waals surface area contributed by atoms with Crippen molar-refractivity contribution in [2.45, 2.75) is 38.8 Å². The topological polar surface area (TPSA) is 41.9 Å². The van der Waals surface area contributed by atoms with E-state index < -0.39 is 0 Å². The number of ether oxygens (including phenoxy) is 2. The standard InChI is InChI=1S/C12H27NO3/c1-5-6-12(14)9-13(7-8-15-3)11(2)10-16-4/h11-12,14H,5-10H2,1-4H3. The van der Waals surface area contributed by atoms with Gasteiger partial charge in [0.2, 0.25) is 0 Å². The number of aliphatic hydroxyl groups is 1. The molecule has 0 aliphatic carbocycles. The molecule has 0 rings (SSSR count). The van der Waals surface area contributed by atoms with Crippen LogP contribution in [0.15, 0.2) is 0 Å². The maximum atomic E-state index is 9.81. The monoisotopic (exact) mass is 233 g/mol. The van der Waals surface area contributed by atoms with E-state index in [1.54, 1.807) is 14.2 Å². The van der Waals surface area contributed by atoms with Gasteiger partial charge in [0, 0.05) is 33.4 Å². The summed E-state index contributed by atoms with van der Waals surface area (Å²) in [5.41, 5.74) is 0. The van der Waals surface area contributed by atoms with Crippen molar-refractivity contribution in [2.75, 3.05) is 40.5 Å². The third-order valence-electron chi connectivity index (χ3n) is 2.68. The van der Waals surface area contributed by atoms with Gasteiger partial charge in [0.15, 0.2) is 0 Å². The van der Waals surface area contributed by atoms with Gasteiger partial charge in [0.05, 0.1) is 19.3 Å². The Balaban J connectivity index is 4.07. The second kappa shape index (κ2) is 10.0. The minimum Gasteiger partial charge on any atom is -0.392 e. The van der Waals surface area contributed by atoms with Crippen molar-refractivity contribution in [3.05, 3.63) is 0 Å². The molecular weight excluding hydrogens is 206 g/mol. The van der Waals surface area contributed by atoms with E-state index in [0.717, 1.165) is 19.4 Å². The highest BCUT2D eigenvalue weighted by Gasteiger charge is 2.16. The minimum absolute atomic E-state index is 0.249. The molecule has 0 aromatic carbocycles. The lowest BCUT2D eigenvalue weighted by Crippen LogP contribution is -2.43. The van der Waals surface area contributed by atoms with Crippen molar-refractivity contribution in [3.8, 4) is 0 Å². The summed E-state index contributed by atoms with van der Waals surface area (Å²) in [7, 11) is 3.40. The van der Waals surface area contributed by atoms with Crippen LogP contribution in [-0.4, -0.2) is 62.7 Å². The Bertz CT molecular complexity index is 155. The van der Waals surface area contributed by atoms with Gasteiger partial charge in [0.1, 0.15) is 0 Å². The Morgan fingerprint density at radius 2 is 1.94 bits per heavy atom. The maximum absolute atomic E-state index is 9.81. The van der Waals surface area contributed by atoms with E-state index in [4.69, 9.17) is 9.47 Å². The molecule has 0 fully saturated rings. The van der Waals surface area contributed by atoms with Gasteiger partial charge in [-0.05, 0) is 13.3 Å². The van der Waals surface area contributed by atoms with Crippen molar-refractivity contribution in [1.29, 1.82) is 0 Å². The molecule has 98 valence electrons. The van der Waals surface area contributed by atoms with Crippen LogP contribution in [0.1, 0.15) is 26.7 Å². The Kier molecular flexibility index (Phi) is 9.92. The first-order chi connectivity index (χ1) is 7.65. The summed E-state index contributed by atoms with van der Waals surface area (Å²) in [6.07, 6.45) is 1.61. The third kappa shape index (κ3) is 7.17. The molecule has 0 saturated carbocycles. The highest BCUT2D eigenvalue weighted by molar-refractivity contribution is 4.70. The van der Waals surface area contributed by atoms with Crippen LogP contribution < -0.4 is 0 Å². The molecule has 0 heterocycles. The molecule has 0 amide bonds. The van der Waals surface area contributed by atoms with Crippen molar-refractivity contribution in [2.24, 2.45) is 0 Å². The first-order valence-electron chi connectivity index (χ1n) is 6.05. The molecule has 2 unspecified atom stereocenters. The lowest BCUT2D eigenvalue weighted by atomic mass is 10.2. The molecule has 4 heteroatoms. The fourth-order valence-corrected chi connectivity index (χ4v) is 1.74. The quantitative estimate of drug-likeness (QED) is 0.614. The zero-order chi connectivity index (χ0) is 12.4. The van der Waals surface area contributed by atoms with Crippen LogP contribution in [0.2, 0.25) is 0 Å². The van der Waals surface area contributed by atoms with Crippen LogP contribution in [0.3, 0.4) is 0 Å². The Labute approximate surface area is 99.5 Å². The molecule has 0 radical (unpaired) electrons. The number of hydrogen-bond acceptors (Lipinski definition) is 4. The van der Waals surface area contributed by atoms with E-state index in [1.165, 1.54) is 0 Å². The summed E-state index contributed by atoms with van der Waals surface area (Å²) < 4.78 is 10.2. The third-order valence-corrected chi connectivity index (χ3v) is 2.68. The average Bonchev–Trinajstić information content (AvgIpc) is 2.24. The number of nitrogens with zero attached hydrogens (tertiary/aromatic N) is 1. The summed E-state index contributed by atoms with van der Waals surface area (Å²) in [6, 6.07) is 0.312. The first-order valence-corrected chi connectivity index (χ1v) is 6.05. The highest BCUT2D eigenvalue weighted by atomic mass is 16.5. The van der Waals surface area contributed by atoms with Crippen LogP contribution in [0.25, 0.3) is 0 Å². The molecule has 1 N–H and O–H groups in total. The summed E-state index contributed by atoms with van der Waals surface area (Å²) >= 11 is 0. The van der Waals surface area contributed by atoms with Gasteiger partial charge in [0.25, 0.3) is 0 Å². The molecule has 0 aliphatic heterocycles. The van der Waals surface area contributed by atoms with Crippen LogP contribution in [-0.2, 0) is 9.47 Å². The Morgan fingerprint density at radius 1 is 1.25 bits per heavy atom. The molecule has 0 aliphatic rings. The van der Waals surface area contributed by atoms with E-state index in [2.05, 4.69) is 18.7 Å². The molecule has 16 heavy (non-hydrogen) atoms. The molecule has 0 aromatic heterocycles. The van der Waals surface area contributed by atoms with E-state index in [-0.39, 0.29) is 6.10 Å². The van der Waals surface area contributed by atoms with Crippen molar-refractivity contribution in [3.63, 3.8) is 0 Å². The Hall–Kier alpha value is -0.160. The van der Waals surface area contributed by atoms with Gasteiger partial charge in [-0.3, -0.25) is 4.90 Å². The zero-order valence-corrected chi connectivity index (χ0v) is 11.1. The van der Waals surface area contributed by atoms with E-state index >= 15 is 0 Å². The average molecular weight is 233 g/mol. The number of methoxy groups -OCH3 is 2. The van der Waals surface area contributed by atoms with Gasteiger partial charge in [-0.15, -0.1) is 0 Å². The highest BCUT2D eigenvalue weighted by Crippen LogP contribution is 2.05. The van der Waals surface area contributed by atoms with Crippen LogP contribution in [0.5, 0.6) is 0 Å². The molecule has 0 bridgehead atoms. The van der Waals surface area contributed by atoms with Gasteiger partial charge in [-0.25, -0.2) is 0 Å². The SMILES string of the molecule is CCCC(O)CN(CCOC)C(C)COC. The fraction of sp³-hybridized carbons (Fsp3) is 1.00. The van der Waals surface area contributed by atoms with Crippen molar-refractivity contribution in [1.82, 2.24) is 4.90 Å². The predicted molar refractivity (Wildman–Crippen MR) is 65.7 cm³/mol. The van der Waals surface area contributed by atoms with Crippen LogP contribution in [0, 0.1) is 0 Å². The molecular formula is C12H27NO3. The van der Waals surface area contributed by atoms with Crippen molar-refractivity contribution >= 4 is 0 Å². The van der Waals surface area contributed by atoms with Gasteiger partial charge >= 0.3 is 0 Å². The summed E-state index contributed by atoms with van der Waals surface area (Å²) in [4.78, 5) is 2.22. The molecule has 0 spiro atoms. The Morgan fingerprint density at radius 3 is 2.44 bits per heavy atom. The normalized spacial score (nSPS) is 15.4. The van der Waals surface area contributed by atoms with E-state index in [1.807, 2.05) is 0 Å². The second-order valence-electron chi connectivity index (χ2n) is 4.23. The molecule has 2 atom stereocenters. The van der Waals surface area contributed by atoms with Gasteiger partial charge in [-0.1, -0.05) is 13.3 Å². The molecule has 0 aromatic rings. The summed E-state index contributed by atoms with van der Waals surface area (Å²) in [5.74, 6) is 0. The number of hydrogen-bond donors (Lipinski definition) is 1. The minimum atomic E-state index is -0.249. The largest absolute Gasteiger partial charge is 0.392 e. The van der Waals surface area contributed by atoms with Crippen LogP contribution >= 0.6 is 0 Å². The van der Waals surface area contributed by atoms with Gasteiger partial charge < -0.3 is 14.6 Å². The lowest BCUT2D eigenvalue weighted by Gasteiger charge is -2.30. The second-order valence-corrected chi connectivity index (χ2v) is 4.23. The van der Waals surface area contributed by atoms with Crippen LogP contribution in [0.4, 0.5) is 0 Å².